The van der Waals surface area contributed by atoms with Gasteiger partial charge in [-0.3, -0.25) is 4.79 Å². The summed E-state index contributed by atoms with van der Waals surface area (Å²) >= 11 is 13.6. The number of fused-ring (bicyclic) bond motifs is 1. The molecule has 4 aromatic rings. The highest BCUT2D eigenvalue weighted by atomic mass is 35.5. The van der Waals surface area contributed by atoms with Crippen LogP contribution in [-0.4, -0.2) is 15.6 Å². The Bertz CT molecular complexity index is 1500. The maximum atomic E-state index is 12.7. The molecular formula is C27H21Cl2N3OS. The summed E-state index contributed by atoms with van der Waals surface area (Å²) in [7, 11) is 0. The molecule has 1 aliphatic heterocycles. The second kappa shape index (κ2) is 9.34. The lowest BCUT2D eigenvalue weighted by Gasteiger charge is -2.06. The number of benzene rings is 3. The summed E-state index contributed by atoms with van der Waals surface area (Å²) in [5.74, 6) is -0.145. The van der Waals surface area contributed by atoms with E-state index in [1.807, 2.05) is 54.6 Å². The van der Waals surface area contributed by atoms with Crippen molar-refractivity contribution in [3.8, 4) is 0 Å². The minimum Gasteiger partial charge on any atom is -0.342 e. The van der Waals surface area contributed by atoms with Crippen LogP contribution in [0, 0.1) is 13.8 Å². The lowest BCUT2D eigenvalue weighted by molar-refractivity contribution is -0.115. The Kier molecular flexibility index (Phi) is 6.26. The number of carbonyl (C=O) groups is 1. The molecule has 0 spiro atoms. The first-order chi connectivity index (χ1) is 16.4. The molecule has 0 unspecified atom stereocenters. The van der Waals surface area contributed by atoms with E-state index in [9.17, 15) is 4.79 Å². The van der Waals surface area contributed by atoms with E-state index < -0.39 is 0 Å². The molecule has 1 fully saturated rings. The lowest BCUT2D eigenvalue weighted by Crippen LogP contribution is -2.19. The molecule has 1 aromatic heterocycles. The van der Waals surface area contributed by atoms with Crippen molar-refractivity contribution >= 4 is 68.7 Å². The van der Waals surface area contributed by atoms with E-state index in [1.54, 1.807) is 0 Å². The summed E-state index contributed by atoms with van der Waals surface area (Å²) in [5.41, 5.74) is 6.30. The second-order valence-electron chi connectivity index (χ2n) is 8.23. The molecule has 0 atom stereocenters. The number of nitrogens with one attached hydrogen (secondary N) is 1. The number of hydrogen-bond donors (Lipinski definition) is 1. The third-order valence-electron chi connectivity index (χ3n) is 5.81. The minimum atomic E-state index is -0.145. The quantitative estimate of drug-likeness (QED) is 0.291. The number of aromatic nitrogens is 1. The highest BCUT2D eigenvalue weighted by Crippen LogP contribution is 2.32. The van der Waals surface area contributed by atoms with Gasteiger partial charge in [-0.05, 0) is 78.7 Å². The van der Waals surface area contributed by atoms with Gasteiger partial charge in [0.2, 0.25) is 0 Å². The van der Waals surface area contributed by atoms with Gasteiger partial charge in [0.15, 0.2) is 5.17 Å². The molecule has 1 aliphatic rings. The zero-order valence-electron chi connectivity index (χ0n) is 18.6. The molecule has 3 aromatic carbocycles. The summed E-state index contributed by atoms with van der Waals surface area (Å²) in [4.78, 5) is 17.9. The van der Waals surface area contributed by atoms with E-state index in [-0.39, 0.29) is 5.91 Å². The second-order valence-corrected chi connectivity index (χ2v) is 10.1. The van der Waals surface area contributed by atoms with E-state index in [0.717, 1.165) is 27.7 Å². The molecule has 4 nitrogen and oxygen atoms in total. The molecule has 0 bridgehead atoms. The van der Waals surface area contributed by atoms with Gasteiger partial charge in [0.1, 0.15) is 0 Å². The zero-order valence-corrected chi connectivity index (χ0v) is 20.9. The molecule has 5 rings (SSSR count). The summed E-state index contributed by atoms with van der Waals surface area (Å²) in [6.07, 6.45) is 3.99. The Labute approximate surface area is 212 Å². The van der Waals surface area contributed by atoms with Gasteiger partial charge in [-0.25, -0.2) is 4.99 Å². The molecule has 1 amide bonds. The topological polar surface area (TPSA) is 46.4 Å². The van der Waals surface area contributed by atoms with Crippen molar-refractivity contribution < 1.29 is 4.79 Å². The molecule has 7 heteroatoms. The van der Waals surface area contributed by atoms with E-state index in [1.165, 1.54) is 22.9 Å². The number of thioether (sulfide) groups is 1. The maximum absolute atomic E-state index is 12.7. The average molecular weight is 506 g/mol. The van der Waals surface area contributed by atoms with Crippen molar-refractivity contribution in [3.05, 3.63) is 104 Å². The summed E-state index contributed by atoms with van der Waals surface area (Å²) in [5, 5.41) is 5.61. The van der Waals surface area contributed by atoms with Gasteiger partial charge in [0, 0.05) is 29.2 Å². The van der Waals surface area contributed by atoms with Crippen LogP contribution in [0.25, 0.3) is 17.0 Å². The molecule has 1 N–H and O–H groups in total. The van der Waals surface area contributed by atoms with E-state index in [0.29, 0.717) is 26.7 Å². The van der Waals surface area contributed by atoms with Crippen LogP contribution in [0.15, 0.2) is 76.8 Å². The zero-order chi connectivity index (χ0) is 23.8. The van der Waals surface area contributed by atoms with Crippen LogP contribution < -0.4 is 5.32 Å². The minimum absolute atomic E-state index is 0.145. The fourth-order valence-corrected chi connectivity index (χ4v) is 5.04. The van der Waals surface area contributed by atoms with Gasteiger partial charge in [-0.2, -0.15) is 0 Å². The summed E-state index contributed by atoms with van der Waals surface area (Å²) < 4.78 is 2.16. The maximum Gasteiger partial charge on any atom is 0.264 e. The molecular weight excluding hydrogens is 485 g/mol. The van der Waals surface area contributed by atoms with Crippen LogP contribution in [-0.2, 0) is 11.3 Å². The highest BCUT2D eigenvalue weighted by molar-refractivity contribution is 8.18. The van der Waals surface area contributed by atoms with Crippen LogP contribution in [0.3, 0.4) is 0 Å². The molecule has 170 valence electrons. The fourth-order valence-electron chi connectivity index (χ4n) is 3.89. The van der Waals surface area contributed by atoms with Gasteiger partial charge in [-0.15, -0.1) is 0 Å². The van der Waals surface area contributed by atoms with Gasteiger partial charge in [0.05, 0.1) is 20.6 Å². The van der Waals surface area contributed by atoms with Crippen LogP contribution in [0.2, 0.25) is 10.0 Å². The third-order valence-corrected chi connectivity index (χ3v) is 7.46. The smallest absolute Gasteiger partial charge is 0.264 e. The summed E-state index contributed by atoms with van der Waals surface area (Å²) in [6, 6.07) is 19.8. The number of para-hydroxylation sites is 1. The van der Waals surface area contributed by atoms with Crippen molar-refractivity contribution in [2.24, 2.45) is 4.99 Å². The van der Waals surface area contributed by atoms with Crippen LogP contribution in [0.1, 0.15) is 22.3 Å². The largest absolute Gasteiger partial charge is 0.342 e. The molecule has 2 heterocycles. The molecule has 0 aliphatic carbocycles. The molecule has 34 heavy (non-hydrogen) atoms. The summed E-state index contributed by atoms with van der Waals surface area (Å²) in [6.45, 7) is 4.76. The predicted molar refractivity (Wildman–Crippen MR) is 144 cm³/mol. The Morgan fingerprint density at radius 3 is 2.62 bits per heavy atom. The SMILES string of the molecule is Cc1ccc(N=C2NC(=O)/C(=C/c3cn(Cc4ccc(Cl)c(Cl)c4)c4ccccc34)S2)cc1C. The van der Waals surface area contributed by atoms with Gasteiger partial charge in [0.25, 0.3) is 5.91 Å². The van der Waals surface area contributed by atoms with Gasteiger partial charge < -0.3 is 9.88 Å². The number of hydrogen-bond acceptors (Lipinski definition) is 3. The van der Waals surface area contributed by atoms with E-state index in [4.69, 9.17) is 23.2 Å². The molecule has 0 radical (unpaired) electrons. The Morgan fingerprint density at radius 2 is 1.82 bits per heavy atom. The lowest BCUT2D eigenvalue weighted by atomic mass is 10.1. The van der Waals surface area contributed by atoms with Gasteiger partial charge >= 0.3 is 0 Å². The third kappa shape index (κ3) is 4.64. The van der Waals surface area contributed by atoms with Crippen molar-refractivity contribution in [1.82, 2.24) is 9.88 Å². The molecule has 0 saturated carbocycles. The number of nitrogens with zero attached hydrogens (tertiary/aromatic N) is 2. The number of carbonyl (C=O) groups excluding carboxylic acids is 1. The first kappa shape index (κ1) is 22.8. The standard InChI is InChI=1S/C27H21Cl2N3OS/c1-16-7-9-20(11-17(16)2)30-27-31-26(33)25(34-27)13-19-15-32(24-6-4-3-5-21(19)24)14-18-8-10-22(28)23(29)12-18/h3-13,15H,14H2,1-2H3,(H,30,31,33)/b25-13-. The Balaban J connectivity index is 1.46. The predicted octanol–water partition coefficient (Wildman–Crippen LogP) is 7.50. The van der Waals surface area contributed by atoms with Crippen molar-refractivity contribution in [2.45, 2.75) is 20.4 Å². The number of aliphatic imine (C=N–C) groups is 1. The van der Waals surface area contributed by atoms with E-state index >= 15 is 0 Å². The fraction of sp³-hybridized carbons (Fsp3) is 0.111. The average Bonchev–Trinajstić information content (AvgIpc) is 3.33. The monoisotopic (exact) mass is 505 g/mol. The first-order valence-corrected chi connectivity index (χ1v) is 12.3. The number of rotatable bonds is 4. The Morgan fingerprint density at radius 1 is 1.00 bits per heavy atom. The van der Waals surface area contributed by atoms with Crippen LogP contribution in [0.5, 0.6) is 0 Å². The van der Waals surface area contributed by atoms with Crippen LogP contribution in [0.4, 0.5) is 5.69 Å². The number of amidine groups is 1. The van der Waals surface area contributed by atoms with Crippen molar-refractivity contribution in [3.63, 3.8) is 0 Å². The number of amides is 1. The first-order valence-electron chi connectivity index (χ1n) is 10.8. The Hall–Kier alpha value is -2.99. The number of aryl methyl sites for hydroxylation is 2. The van der Waals surface area contributed by atoms with Gasteiger partial charge in [-0.1, -0.05) is 53.5 Å². The normalized spacial score (nSPS) is 16.1. The highest BCUT2D eigenvalue weighted by Gasteiger charge is 2.24. The van der Waals surface area contributed by atoms with Crippen molar-refractivity contribution in [1.29, 1.82) is 0 Å². The van der Waals surface area contributed by atoms with Crippen molar-refractivity contribution in [2.75, 3.05) is 0 Å². The number of halogens is 2. The van der Waals surface area contributed by atoms with Crippen LogP contribution >= 0.6 is 35.0 Å². The molecule has 1 saturated heterocycles. The van der Waals surface area contributed by atoms with E-state index in [2.05, 4.69) is 47.1 Å².